The van der Waals surface area contributed by atoms with E-state index < -0.39 is 5.60 Å². The number of rotatable bonds is 5. The molecule has 0 aliphatic heterocycles. The van der Waals surface area contributed by atoms with Gasteiger partial charge in [0.05, 0.1) is 6.10 Å². The van der Waals surface area contributed by atoms with Gasteiger partial charge in [-0.05, 0) is 92.8 Å². The first-order valence-corrected chi connectivity index (χ1v) is 13.6. The van der Waals surface area contributed by atoms with Gasteiger partial charge in [0.25, 0.3) is 0 Å². The van der Waals surface area contributed by atoms with Gasteiger partial charge in [-0.25, -0.2) is 4.89 Å². The van der Waals surface area contributed by atoms with Gasteiger partial charge >= 0.3 is 0 Å². The SMILES string of the molecule is CC(CC=CC(C)(C)OO)C1CCC2(C)C3=C(CCC12C)C1(C)CCC(O)C(C)(C)C1CC3=O. The highest BCUT2D eigenvalue weighted by molar-refractivity contribution is 5.99. The third-order valence-electron chi connectivity index (χ3n) is 11.6. The highest BCUT2D eigenvalue weighted by Crippen LogP contribution is 2.71. The molecular formula is C30H48O4. The van der Waals surface area contributed by atoms with Gasteiger partial charge < -0.3 is 5.11 Å². The molecule has 7 atom stereocenters. The Balaban J connectivity index is 1.67. The monoisotopic (exact) mass is 472 g/mol. The number of aliphatic hydroxyl groups excluding tert-OH is 1. The van der Waals surface area contributed by atoms with E-state index in [4.69, 9.17) is 5.26 Å². The van der Waals surface area contributed by atoms with Crippen molar-refractivity contribution in [3.63, 3.8) is 0 Å². The average molecular weight is 473 g/mol. The summed E-state index contributed by atoms with van der Waals surface area (Å²) in [6.45, 7) is 17.7. The van der Waals surface area contributed by atoms with Gasteiger partial charge in [-0.15, -0.1) is 0 Å². The summed E-state index contributed by atoms with van der Waals surface area (Å²) in [7, 11) is 0. The number of allylic oxidation sites excluding steroid dienone is 3. The third kappa shape index (κ3) is 3.61. The van der Waals surface area contributed by atoms with E-state index in [0.717, 1.165) is 44.9 Å². The molecule has 0 aromatic carbocycles. The lowest BCUT2D eigenvalue weighted by atomic mass is 9.43. The third-order valence-corrected chi connectivity index (χ3v) is 11.6. The molecule has 0 bridgehead atoms. The molecule has 0 radical (unpaired) electrons. The lowest BCUT2D eigenvalue weighted by Gasteiger charge is -2.61. The Kier molecular flexibility index (Phi) is 6.36. The first kappa shape index (κ1) is 26.1. The number of Topliss-reactive ketones (excluding diaryl/α,β-unsaturated/α-hetero) is 1. The largest absolute Gasteiger partial charge is 0.393 e. The van der Waals surface area contributed by atoms with Crippen LogP contribution in [0.15, 0.2) is 23.3 Å². The Bertz CT molecular complexity index is 897. The Morgan fingerprint density at radius 2 is 1.79 bits per heavy atom. The number of hydrogen-bond donors (Lipinski definition) is 2. The molecule has 0 saturated heterocycles. The van der Waals surface area contributed by atoms with Crippen LogP contribution in [0, 0.1) is 39.4 Å². The van der Waals surface area contributed by atoms with Crippen molar-refractivity contribution >= 4 is 5.78 Å². The fraction of sp³-hybridized carbons (Fsp3) is 0.833. The van der Waals surface area contributed by atoms with Crippen molar-refractivity contribution in [1.82, 2.24) is 0 Å². The van der Waals surface area contributed by atoms with Crippen LogP contribution < -0.4 is 0 Å². The first-order valence-electron chi connectivity index (χ1n) is 13.6. The minimum atomic E-state index is -0.666. The van der Waals surface area contributed by atoms with Crippen molar-refractivity contribution in [2.45, 2.75) is 118 Å². The Hall–Kier alpha value is -0.970. The van der Waals surface area contributed by atoms with Crippen LogP contribution in [0.25, 0.3) is 0 Å². The number of carbonyl (C=O) groups excluding carboxylic acids is 1. The summed E-state index contributed by atoms with van der Waals surface area (Å²) in [6, 6.07) is 0. The Morgan fingerprint density at radius 1 is 1.12 bits per heavy atom. The molecule has 2 saturated carbocycles. The van der Waals surface area contributed by atoms with Crippen molar-refractivity contribution in [3.8, 4) is 0 Å². The second-order valence-electron chi connectivity index (χ2n) is 14.0. The zero-order chi connectivity index (χ0) is 25.3. The van der Waals surface area contributed by atoms with E-state index >= 15 is 0 Å². The van der Waals surface area contributed by atoms with Gasteiger partial charge in [0.2, 0.25) is 0 Å². The smallest absolute Gasteiger partial charge is 0.159 e. The molecular weight excluding hydrogens is 424 g/mol. The van der Waals surface area contributed by atoms with Crippen molar-refractivity contribution in [3.05, 3.63) is 23.3 Å². The van der Waals surface area contributed by atoms with Crippen LogP contribution in [0.3, 0.4) is 0 Å². The molecule has 0 aromatic rings. The van der Waals surface area contributed by atoms with Crippen LogP contribution in [-0.4, -0.2) is 27.9 Å². The van der Waals surface area contributed by atoms with Crippen molar-refractivity contribution in [2.75, 3.05) is 0 Å². The number of fused-ring (bicyclic) bond motifs is 4. The second kappa shape index (κ2) is 8.28. The summed E-state index contributed by atoms with van der Waals surface area (Å²) >= 11 is 0. The summed E-state index contributed by atoms with van der Waals surface area (Å²) in [6.07, 6.45) is 11.6. The molecule has 0 spiro atoms. The van der Waals surface area contributed by atoms with Crippen molar-refractivity contribution < 1.29 is 20.0 Å². The van der Waals surface area contributed by atoms with Gasteiger partial charge in [0, 0.05) is 17.4 Å². The van der Waals surface area contributed by atoms with E-state index in [1.54, 1.807) is 0 Å². The summed E-state index contributed by atoms with van der Waals surface area (Å²) < 4.78 is 0. The lowest BCUT2D eigenvalue weighted by molar-refractivity contribution is -0.297. The minimum absolute atomic E-state index is 0.0264. The average Bonchev–Trinajstić information content (AvgIpc) is 3.04. The summed E-state index contributed by atoms with van der Waals surface area (Å²) in [5.74, 6) is 1.66. The zero-order valence-electron chi connectivity index (χ0n) is 22.8. The quantitative estimate of drug-likeness (QED) is 0.254. The summed E-state index contributed by atoms with van der Waals surface area (Å²) in [5, 5.41) is 19.9. The zero-order valence-corrected chi connectivity index (χ0v) is 22.8. The molecule has 4 rings (SSSR count). The maximum absolute atomic E-state index is 13.9. The maximum atomic E-state index is 13.9. The fourth-order valence-electron chi connectivity index (χ4n) is 9.07. The van der Waals surface area contributed by atoms with Crippen LogP contribution in [0.2, 0.25) is 0 Å². The second-order valence-corrected chi connectivity index (χ2v) is 14.0. The van der Waals surface area contributed by atoms with Crippen LogP contribution in [0.4, 0.5) is 0 Å². The Morgan fingerprint density at radius 3 is 2.44 bits per heavy atom. The van der Waals surface area contributed by atoms with E-state index in [-0.39, 0.29) is 33.7 Å². The molecule has 192 valence electrons. The number of aliphatic hydroxyl groups is 1. The Labute approximate surface area is 207 Å². The molecule has 4 aliphatic carbocycles. The van der Waals surface area contributed by atoms with Crippen LogP contribution >= 0.6 is 0 Å². The van der Waals surface area contributed by atoms with Crippen molar-refractivity contribution in [1.29, 1.82) is 0 Å². The highest BCUT2D eigenvalue weighted by atomic mass is 17.1. The van der Waals surface area contributed by atoms with E-state index in [1.807, 2.05) is 19.9 Å². The molecule has 34 heavy (non-hydrogen) atoms. The molecule has 0 amide bonds. The van der Waals surface area contributed by atoms with E-state index in [1.165, 1.54) is 11.1 Å². The minimum Gasteiger partial charge on any atom is -0.393 e. The topological polar surface area (TPSA) is 66.8 Å². The number of carbonyl (C=O) groups is 1. The molecule has 2 N–H and O–H groups in total. The van der Waals surface area contributed by atoms with Gasteiger partial charge in [-0.1, -0.05) is 59.3 Å². The van der Waals surface area contributed by atoms with Gasteiger partial charge in [-0.3, -0.25) is 10.1 Å². The fourth-order valence-corrected chi connectivity index (χ4v) is 9.07. The van der Waals surface area contributed by atoms with Crippen LogP contribution in [0.1, 0.15) is 107 Å². The van der Waals surface area contributed by atoms with E-state index in [2.05, 4.69) is 52.5 Å². The summed E-state index contributed by atoms with van der Waals surface area (Å²) in [4.78, 5) is 18.5. The predicted molar refractivity (Wildman–Crippen MR) is 136 cm³/mol. The lowest BCUT2D eigenvalue weighted by Crippen LogP contribution is -2.57. The molecule has 0 aromatic heterocycles. The normalized spacial score (nSPS) is 43.0. The van der Waals surface area contributed by atoms with Crippen LogP contribution in [-0.2, 0) is 9.68 Å². The standard InChI is InChI=1S/C30H48O4/c1-19(10-9-14-26(2,3)34-33)20-11-17-30(8)25-21(12-16-29(20,30)7)28(6)15-13-24(32)27(4,5)23(28)18-22(25)31/h9,14,19-20,23-24,32-33H,10-13,15-18H2,1-8H3. The van der Waals surface area contributed by atoms with E-state index in [0.29, 0.717) is 24.0 Å². The highest BCUT2D eigenvalue weighted by Gasteiger charge is 2.65. The summed E-state index contributed by atoms with van der Waals surface area (Å²) in [5.41, 5.74) is 1.82. The van der Waals surface area contributed by atoms with Gasteiger partial charge in [0.15, 0.2) is 5.78 Å². The number of ketones is 1. The predicted octanol–water partition coefficient (Wildman–Crippen LogP) is 7.13. The van der Waals surface area contributed by atoms with Crippen LogP contribution in [0.5, 0.6) is 0 Å². The molecule has 0 heterocycles. The molecule has 7 unspecified atom stereocenters. The van der Waals surface area contributed by atoms with E-state index in [9.17, 15) is 9.90 Å². The van der Waals surface area contributed by atoms with Gasteiger partial charge in [-0.2, -0.15) is 0 Å². The first-order chi connectivity index (χ1) is 15.6. The number of hydrogen-bond acceptors (Lipinski definition) is 4. The molecule has 2 fully saturated rings. The molecule has 4 heteroatoms. The molecule has 4 nitrogen and oxygen atoms in total. The van der Waals surface area contributed by atoms with Crippen molar-refractivity contribution in [2.24, 2.45) is 39.4 Å². The molecule has 4 aliphatic rings. The maximum Gasteiger partial charge on any atom is 0.159 e. The van der Waals surface area contributed by atoms with Gasteiger partial charge in [0.1, 0.15) is 5.60 Å².